The first kappa shape index (κ1) is 21.8. The van der Waals surface area contributed by atoms with Gasteiger partial charge >= 0.3 is 6.18 Å². The van der Waals surface area contributed by atoms with Crippen molar-refractivity contribution >= 4 is 33.2 Å². The van der Waals surface area contributed by atoms with Crippen LogP contribution in [0.4, 0.5) is 18.9 Å². The summed E-state index contributed by atoms with van der Waals surface area (Å²) in [6.07, 6.45) is -4.72. The Morgan fingerprint density at radius 2 is 1.75 bits per heavy atom. The fourth-order valence-corrected chi connectivity index (χ4v) is 3.28. The van der Waals surface area contributed by atoms with Gasteiger partial charge < -0.3 is 9.64 Å². The van der Waals surface area contributed by atoms with Crippen molar-refractivity contribution in [3.8, 4) is 5.75 Å². The minimum absolute atomic E-state index is 0.192. The summed E-state index contributed by atoms with van der Waals surface area (Å²) in [5.74, 6) is -0.0124. The van der Waals surface area contributed by atoms with Gasteiger partial charge in [-0.15, -0.1) is 0 Å². The number of likely N-dealkylation sites (N-methyl/N-ethyl adjacent to an activating group) is 1. The second-order valence-corrected chi connectivity index (χ2v) is 7.94. The minimum atomic E-state index is -4.72. The van der Waals surface area contributed by atoms with E-state index in [-0.39, 0.29) is 28.8 Å². The molecule has 2 aromatic carbocycles. The Kier molecular flexibility index (Phi) is 6.45. The molecule has 0 aromatic heterocycles. The van der Waals surface area contributed by atoms with Crippen molar-refractivity contribution < 1.29 is 31.1 Å². The molecule has 0 aliphatic rings. The zero-order valence-corrected chi connectivity index (χ0v) is 16.3. The van der Waals surface area contributed by atoms with Crippen LogP contribution >= 0.6 is 11.6 Å². The average molecular weight is 437 g/mol. The number of carbonyl (C=O) groups excluding carboxylic acids is 1. The van der Waals surface area contributed by atoms with Gasteiger partial charge in [-0.2, -0.15) is 13.2 Å². The molecule has 0 unspecified atom stereocenters. The lowest BCUT2D eigenvalue weighted by atomic mass is 10.2. The lowest BCUT2D eigenvalue weighted by molar-refractivity contribution is -0.137. The summed E-state index contributed by atoms with van der Waals surface area (Å²) < 4.78 is 70.8. The maximum atomic E-state index is 12.9. The third-order valence-corrected chi connectivity index (χ3v) is 5.25. The summed E-state index contributed by atoms with van der Waals surface area (Å²) in [5, 5.41) is -0.538. The topological polar surface area (TPSA) is 75.7 Å². The lowest BCUT2D eigenvalue weighted by Gasteiger charge is -2.13. The van der Waals surface area contributed by atoms with E-state index in [9.17, 15) is 26.4 Å². The summed E-state index contributed by atoms with van der Waals surface area (Å²) in [4.78, 5) is 12.6. The van der Waals surface area contributed by atoms with Crippen LogP contribution in [0.2, 0.25) is 5.02 Å². The van der Waals surface area contributed by atoms with Crippen molar-refractivity contribution in [2.24, 2.45) is 0 Å². The number of anilines is 1. The zero-order chi connectivity index (χ0) is 21.1. The number of benzene rings is 2. The first-order valence-electron chi connectivity index (χ1n) is 7.73. The second kappa shape index (κ2) is 8.27. The van der Waals surface area contributed by atoms with E-state index < -0.39 is 26.8 Å². The van der Waals surface area contributed by atoms with Crippen LogP contribution in [0.5, 0.6) is 5.75 Å². The molecule has 0 radical (unpaired) electrons. The number of hydrogen-bond acceptors (Lipinski definition) is 4. The molecule has 0 saturated carbocycles. The fourth-order valence-electron chi connectivity index (χ4n) is 2.01. The number of carbonyl (C=O) groups is 1. The van der Waals surface area contributed by atoms with Crippen LogP contribution in [-0.2, 0) is 21.0 Å². The molecule has 0 aliphatic heterocycles. The Bertz CT molecular complexity index is 961. The monoisotopic (exact) mass is 436 g/mol. The second-order valence-electron chi connectivity index (χ2n) is 5.85. The van der Waals surface area contributed by atoms with Gasteiger partial charge in [0.25, 0.3) is 15.9 Å². The van der Waals surface area contributed by atoms with Crippen molar-refractivity contribution in [1.29, 1.82) is 0 Å². The molecule has 0 spiro atoms. The molecule has 6 nitrogen and oxygen atoms in total. The van der Waals surface area contributed by atoms with E-state index >= 15 is 0 Å². The van der Waals surface area contributed by atoms with Crippen molar-refractivity contribution in [3.63, 3.8) is 0 Å². The van der Waals surface area contributed by atoms with E-state index in [4.69, 9.17) is 16.3 Å². The van der Waals surface area contributed by atoms with Crippen LogP contribution in [0.15, 0.2) is 47.4 Å². The van der Waals surface area contributed by atoms with Crippen LogP contribution in [0, 0.1) is 0 Å². The molecular weight excluding hydrogens is 421 g/mol. The van der Waals surface area contributed by atoms with Crippen LogP contribution in [-0.4, -0.2) is 39.9 Å². The number of amides is 1. The Labute approximate surface area is 164 Å². The van der Waals surface area contributed by atoms with Gasteiger partial charge in [0.2, 0.25) is 0 Å². The summed E-state index contributed by atoms with van der Waals surface area (Å²) >= 11 is 5.52. The predicted molar refractivity (Wildman–Crippen MR) is 97.9 cm³/mol. The molecule has 11 heteroatoms. The smallest absolute Gasteiger partial charge is 0.417 e. The Morgan fingerprint density at radius 3 is 2.29 bits per heavy atom. The number of nitrogens with zero attached hydrogens (tertiary/aromatic N) is 1. The molecule has 0 fully saturated rings. The third kappa shape index (κ3) is 5.52. The molecular formula is C17H16ClF3N2O4S. The number of ether oxygens (including phenoxy) is 1. The van der Waals surface area contributed by atoms with Gasteiger partial charge in [0.05, 0.1) is 15.5 Å². The van der Waals surface area contributed by atoms with E-state index in [1.165, 1.54) is 29.2 Å². The molecule has 1 amide bonds. The molecule has 2 aromatic rings. The molecule has 152 valence electrons. The van der Waals surface area contributed by atoms with Crippen molar-refractivity contribution in [2.75, 3.05) is 25.4 Å². The first-order valence-corrected chi connectivity index (χ1v) is 9.59. The van der Waals surface area contributed by atoms with Gasteiger partial charge in [0, 0.05) is 19.8 Å². The largest absolute Gasteiger partial charge is 0.484 e. The molecule has 0 bridgehead atoms. The highest BCUT2D eigenvalue weighted by Crippen LogP contribution is 2.36. The summed E-state index contributed by atoms with van der Waals surface area (Å²) in [5.41, 5.74) is -1.43. The fraction of sp³-hybridized carbons (Fsp3) is 0.235. The van der Waals surface area contributed by atoms with Crippen LogP contribution in [0.3, 0.4) is 0 Å². The predicted octanol–water partition coefficient (Wildman–Crippen LogP) is 3.63. The van der Waals surface area contributed by atoms with Gasteiger partial charge in [-0.05, 0) is 42.5 Å². The molecule has 0 heterocycles. The standard InChI is InChI=1S/C17H16ClF3N2O4S/c1-23(2)16(24)10-27-12-4-6-13(7-5-12)28(25,26)22-11-3-8-15(18)14(9-11)17(19,20)21/h3-9,22H,10H2,1-2H3. The molecule has 28 heavy (non-hydrogen) atoms. The average Bonchev–Trinajstić information content (AvgIpc) is 2.60. The number of sulfonamides is 1. The number of alkyl halides is 3. The Morgan fingerprint density at radius 1 is 1.14 bits per heavy atom. The van der Waals surface area contributed by atoms with Gasteiger partial charge in [-0.25, -0.2) is 8.42 Å². The van der Waals surface area contributed by atoms with E-state index in [1.807, 2.05) is 0 Å². The normalized spacial score (nSPS) is 11.8. The minimum Gasteiger partial charge on any atom is -0.484 e. The van der Waals surface area contributed by atoms with Gasteiger partial charge in [0.1, 0.15) is 5.75 Å². The quantitative estimate of drug-likeness (QED) is 0.750. The Balaban J connectivity index is 2.16. The van der Waals surface area contributed by atoms with Crippen molar-refractivity contribution in [3.05, 3.63) is 53.1 Å². The molecule has 2 rings (SSSR count). The number of nitrogens with one attached hydrogen (secondary N) is 1. The van der Waals surface area contributed by atoms with E-state index in [1.54, 1.807) is 14.1 Å². The van der Waals surface area contributed by atoms with E-state index in [2.05, 4.69) is 4.72 Å². The van der Waals surface area contributed by atoms with Crippen molar-refractivity contribution in [2.45, 2.75) is 11.1 Å². The Hall–Kier alpha value is -2.46. The SMILES string of the molecule is CN(C)C(=O)COc1ccc(S(=O)(=O)Nc2ccc(Cl)c(C(F)(F)F)c2)cc1. The highest BCUT2D eigenvalue weighted by atomic mass is 35.5. The maximum absolute atomic E-state index is 12.9. The van der Waals surface area contributed by atoms with E-state index in [0.29, 0.717) is 6.07 Å². The van der Waals surface area contributed by atoms with Crippen LogP contribution in [0.25, 0.3) is 0 Å². The number of rotatable bonds is 6. The maximum Gasteiger partial charge on any atom is 0.417 e. The molecule has 0 atom stereocenters. The van der Waals surface area contributed by atoms with Crippen molar-refractivity contribution in [1.82, 2.24) is 4.90 Å². The molecule has 0 aliphatic carbocycles. The van der Waals surface area contributed by atoms with E-state index in [0.717, 1.165) is 12.1 Å². The van der Waals surface area contributed by atoms with Gasteiger partial charge in [-0.1, -0.05) is 11.6 Å². The summed E-state index contributed by atoms with van der Waals surface area (Å²) in [6.45, 7) is -0.220. The number of halogens is 4. The highest BCUT2D eigenvalue weighted by molar-refractivity contribution is 7.92. The zero-order valence-electron chi connectivity index (χ0n) is 14.7. The highest BCUT2D eigenvalue weighted by Gasteiger charge is 2.33. The summed E-state index contributed by atoms with van der Waals surface area (Å²) in [6, 6.07) is 7.78. The molecule has 1 N–H and O–H groups in total. The van der Waals surface area contributed by atoms with Crippen LogP contribution in [0.1, 0.15) is 5.56 Å². The van der Waals surface area contributed by atoms with Crippen LogP contribution < -0.4 is 9.46 Å². The number of hydrogen-bond donors (Lipinski definition) is 1. The third-order valence-electron chi connectivity index (χ3n) is 3.52. The lowest BCUT2D eigenvalue weighted by Crippen LogP contribution is -2.27. The molecule has 0 saturated heterocycles. The summed E-state index contributed by atoms with van der Waals surface area (Å²) in [7, 11) is -1.01. The van der Waals surface area contributed by atoms with Gasteiger partial charge in [0.15, 0.2) is 6.61 Å². The first-order chi connectivity index (χ1) is 12.9. The van der Waals surface area contributed by atoms with Gasteiger partial charge in [-0.3, -0.25) is 9.52 Å².